The minimum absolute atomic E-state index is 0.581. The van der Waals surface area contributed by atoms with Gasteiger partial charge < -0.3 is 10.2 Å². The number of nitrogens with one attached hydrogen (secondary N) is 1. The van der Waals surface area contributed by atoms with Crippen molar-refractivity contribution in [3.63, 3.8) is 0 Å². The number of para-hydroxylation sites is 1. The molecule has 0 saturated heterocycles. The smallest absolute Gasteiger partial charge is 0.227 e. The predicted molar refractivity (Wildman–Crippen MR) is 99.8 cm³/mol. The van der Waals surface area contributed by atoms with Gasteiger partial charge in [0, 0.05) is 25.4 Å². The Hall–Kier alpha value is -3.39. The Morgan fingerprint density at radius 3 is 2.52 bits per heavy atom. The third-order valence-corrected chi connectivity index (χ3v) is 3.76. The molecule has 0 aliphatic carbocycles. The van der Waals surface area contributed by atoms with E-state index in [0.29, 0.717) is 17.3 Å². The molecular weight excluding hydrogens is 310 g/mol. The number of hydrogen-bond donors (Lipinski definition) is 1. The van der Waals surface area contributed by atoms with Crippen LogP contribution in [0.1, 0.15) is 16.8 Å². The second kappa shape index (κ2) is 7.45. The first-order valence-corrected chi connectivity index (χ1v) is 8.02. The summed E-state index contributed by atoms with van der Waals surface area (Å²) >= 11 is 0. The SMILES string of the molecule is Cc1cc(Nc2ccccc2C#N)nc(N(C)Cc2ccccc2)n1. The van der Waals surface area contributed by atoms with Gasteiger partial charge in [0.15, 0.2) is 0 Å². The fourth-order valence-corrected chi connectivity index (χ4v) is 2.54. The van der Waals surface area contributed by atoms with E-state index in [1.165, 1.54) is 5.56 Å². The lowest BCUT2D eigenvalue weighted by molar-refractivity contribution is 0.861. The summed E-state index contributed by atoms with van der Waals surface area (Å²) in [5, 5.41) is 12.5. The van der Waals surface area contributed by atoms with E-state index in [1.54, 1.807) is 6.07 Å². The van der Waals surface area contributed by atoms with Gasteiger partial charge in [-0.2, -0.15) is 10.2 Å². The third kappa shape index (κ3) is 4.12. The molecule has 0 unspecified atom stereocenters. The number of aryl methyl sites for hydroxylation is 1. The van der Waals surface area contributed by atoms with Crippen LogP contribution in [0.15, 0.2) is 60.7 Å². The lowest BCUT2D eigenvalue weighted by Crippen LogP contribution is -2.19. The van der Waals surface area contributed by atoms with Crippen LogP contribution in [0.2, 0.25) is 0 Å². The van der Waals surface area contributed by atoms with Crippen LogP contribution in [-0.4, -0.2) is 17.0 Å². The fourth-order valence-electron chi connectivity index (χ4n) is 2.54. The molecule has 3 aromatic rings. The molecule has 1 aromatic heterocycles. The number of nitriles is 1. The first-order valence-electron chi connectivity index (χ1n) is 8.02. The average molecular weight is 329 g/mol. The molecule has 0 amide bonds. The summed E-state index contributed by atoms with van der Waals surface area (Å²) in [6.07, 6.45) is 0. The van der Waals surface area contributed by atoms with Crippen LogP contribution in [0.3, 0.4) is 0 Å². The van der Waals surface area contributed by atoms with Crippen LogP contribution in [0.5, 0.6) is 0 Å². The quantitative estimate of drug-likeness (QED) is 0.765. The van der Waals surface area contributed by atoms with Gasteiger partial charge in [-0.1, -0.05) is 42.5 Å². The molecule has 0 aliphatic rings. The highest BCUT2D eigenvalue weighted by molar-refractivity contribution is 5.65. The molecule has 0 atom stereocenters. The maximum Gasteiger partial charge on any atom is 0.227 e. The van der Waals surface area contributed by atoms with Gasteiger partial charge in [0.2, 0.25) is 5.95 Å². The van der Waals surface area contributed by atoms with Crippen LogP contribution < -0.4 is 10.2 Å². The average Bonchev–Trinajstić information content (AvgIpc) is 2.62. The first kappa shape index (κ1) is 16.5. The minimum atomic E-state index is 0.581. The van der Waals surface area contributed by atoms with Crippen LogP contribution >= 0.6 is 0 Å². The normalized spacial score (nSPS) is 10.1. The van der Waals surface area contributed by atoms with Crippen molar-refractivity contribution in [2.75, 3.05) is 17.3 Å². The number of benzene rings is 2. The number of aromatic nitrogens is 2. The van der Waals surface area contributed by atoms with E-state index in [9.17, 15) is 5.26 Å². The second-order valence-corrected chi connectivity index (χ2v) is 5.82. The first-order chi connectivity index (χ1) is 12.2. The minimum Gasteiger partial charge on any atom is -0.339 e. The molecule has 1 N–H and O–H groups in total. The molecule has 124 valence electrons. The van der Waals surface area contributed by atoms with Crippen molar-refractivity contribution < 1.29 is 0 Å². The van der Waals surface area contributed by atoms with Crippen molar-refractivity contribution in [1.29, 1.82) is 5.26 Å². The monoisotopic (exact) mass is 329 g/mol. The lowest BCUT2D eigenvalue weighted by Gasteiger charge is -2.19. The largest absolute Gasteiger partial charge is 0.339 e. The Morgan fingerprint density at radius 2 is 1.76 bits per heavy atom. The zero-order valence-electron chi connectivity index (χ0n) is 14.3. The van der Waals surface area contributed by atoms with E-state index in [2.05, 4.69) is 33.5 Å². The van der Waals surface area contributed by atoms with Crippen molar-refractivity contribution >= 4 is 17.5 Å². The highest BCUT2D eigenvalue weighted by Gasteiger charge is 2.09. The van der Waals surface area contributed by atoms with E-state index in [4.69, 9.17) is 0 Å². The van der Waals surface area contributed by atoms with Gasteiger partial charge >= 0.3 is 0 Å². The van der Waals surface area contributed by atoms with Gasteiger partial charge in [-0.3, -0.25) is 0 Å². The molecule has 25 heavy (non-hydrogen) atoms. The summed E-state index contributed by atoms with van der Waals surface area (Å²) in [5.41, 5.74) is 3.37. The number of anilines is 3. The van der Waals surface area contributed by atoms with Crippen molar-refractivity contribution in [2.24, 2.45) is 0 Å². The molecule has 0 saturated carbocycles. The topological polar surface area (TPSA) is 64.8 Å². The van der Waals surface area contributed by atoms with Crippen molar-refractivity contribution in [2.45, 2.75) is 13.5 Å². The maximum absolute atomic E-state index is 9.23. The van der Waals surface area contributed by atoms with Gasteiger partial charge in [-0.15, -0.1) is 0 Å². The number of rotatable bonds is 5. The number of hydrogen-bond acceptors (Lipinski definition) is 5. The van der Waals surface area contributed by atoms with Crippen LogP contribution in [0, 0.1) is 18.3 Å². The van der Waals surface area contributed by atoms with Crippen LogP contribution in [0.4, 0.5) is 17.5 Å². The molecule has 0 bridgehead atoms. The van der Waals surface area contributed by atoms with E-state index < -0.39 is 0 Å². The molecule has 0 radical (unpaired) electrons. The molecule has 5 nitrogen and oxygen atoms in total. The van der Waals surface area contributed by atoms with Crippen LogP contribution in [-0.2, 0) is 6.54 Å². The number of nitrogens with zero attached hydrogens (tertiary/aromatic N) is 4. The summed E-state index contributed by atoms with van der Waals surface area (Å²) in [4.78, 5) is 11.1. The summed E-state index contributed by atoms with van der Waals surface area (Å²) in [7, 11) is 1.97. The van der Waals surface area contributed by atoms with E-state index in [0.717, 1.165) is 17.9 Å². The van der Waals surface area contributed by atoms with Crippen LogP contribution in [0.25, 0.3) is 0 Å². The van der Waals surface area contributed by atoms with Gasteiger partial charge in [0.1, 0.15) is 11.9 Å². The Kier molecular flexibility index (Phi) is 4.91. The van der Waals surface area contributed by atoms with E-state index in [-0.39, 0.29) is 0 Å². The Labute approximate surface area is 147 Å². The summed E-state index contributed by atoms with van der Waals surface area (Å²) in [6, 6.07) is 21.6. The second-order valence-electron chi connectivity index (χ2n) is 5.82. The van der Waals surface area contributed by atoms with Gasteiger partial charge in [0.05, 0.1) is 11.3 Å². The van der Waals surface area contributed by atoms with E-state index >= 15 is 0 Å². The summed E-state index contributed by atoms with van der Waals surface area (Å²) < 4.78 is 0. The summed E-state index contributed by atoms with van der Waals surface area (Å²) in [6.45, 7) is 2.65. The van der Waals surface area contributed by atoms with Gasteiger partial charge in [-0.25, -0.2) is 4.98 Å². The maximum atomic E-state index is 9.23. The molecule has 0 spiro atoms. The molecular formula is C20H19N5. The van der Waals surface area contributed by atoms with E-state index in [1.807, 2.05) is 61.3 Å². The highest BCUT2D eigenvalue weighted by Crippen LogP contribution is 2.21. The molecule has 0 fully saturated rings. The highest BCUT2D eigenvalue weighted by atomic mass is 15.2. The fraction of sp³-hybridized carbons (Fsp3) is 0.150. The Morgan fingerprint density at radius 1 is 1.04 bits per heavy atom. The van der Waals surface area contributed by atoms with Crippen molar-refractivity contribution in [1.82, 2.24) is 9.97 Å². The Bertz CT molecular complexity index is 899. The van der Waals surface area contributed by atoms with Crippen molar-refractivity contribution in [3.8, 4) is 6.07 Å². The molecule has 0 aliphatic heterocycles. The predicted octanol–water partition coefficient (Wildman–Crippen LogP) is 4.04. The standard InChI is InChI=1S/C20H19N5/c1-15-12-19(23-18-11-7-6-10-17(18)13-21)24-20(22-15)25(2)14-16-8-4-3-5-9-16/h3-12H,14H2,1-2H3,(H,22,23,24). The lowest BCUT2D eigenvalue weighted by atomic mass is 10.2. The van der Waals surface area contributed by atoms with Gasteiger partial charge in [-0.05, 0) is 24.6 Å². The van der Waals surface area contributed by atoms with Crippen molar-refractivity contribution in [3.05, 3.63) is 77.5 Å². The summed E-state index contributed by atoms with van der Waals surface area (Å²) in [5.74, 6) is 1.31. The molecule has 1 heterocycles. The van der Waals surface area contributed by atoms with Gasteiger partial charge in [0.25, 0.3) is 0 Å². The molecule has 2 aromatic carbocycles. The Balaban J connectivity index is 1.84. The zero-order valence-corrected chi connectivity index (χ0v) is 14.3. The zero-order chi connectivity index (χ0) is 17.6. The third-order valence-electron chi connectivity index (χ3n) is 3.76. The molecule has 5 heteroatoms. The molecule has 3 rings (SSSR count).